The van der Waals surface area contributed by atoms with Gasteiger partial charge in [-0.15, -0.1) is 0 Å². The highest BCUT2D eigenvalue weighted by molar-refractivity contribution is 5.99. The van der Waals surface area contributed by atoms with Crippen LogP contribution in [0, 0.1) is 11.7 Å². The van der Waals surface area contributed by atoms with Gasteiger partial charge in [0.05, 0.1) is 0 Å². The van der Waals surface area contributed by atoms with Crippen LogP contribution in [0.5, 0.6) is 5.75 Å². The molecule has 1 heterocycles. The minimum atomic E-state index is -0.424. The van der Waals surface area contributed by atoms with Crippen molar-refractivity contribution in [3.63, 3.8) is 0 Å². The Labute approximate surface area is 165 Å². The molecule has 1 saturated heterocycles. The lowest BCUT2D eigenvalue weighted by molar-refractivity contribution is 0.0637. The minimum absolute atomic E-state index is 0.0981. The Balaban J connectivity index is 1.68. The second-order valence-corrected chi connectivity index (χ2v) is 8.20. The highest BCUT2D eigenvalue weighted by Gasteiger charge is 2.29. The molecule has 1 aliphatic rings. The average molecular weight is 383 g/mol. The van der Waals surface area contributed by atoms with Crippen molar-refractivity contribution in [1.29, 1.82) is 0 Å². The molecule has 0 radical (unpaired) electrons. The van der Waals surface area contributed by atoms with Crippen molar-refractivity contribution in [2.45, 2.75) is 39.2 Å². The Hall–Kier alpha value is -2.69. The number of hydrogen-bond acceptors (Lipinski definition) is 3. The van der Waals surface area contributed by atoms with Gasteiger partial charge in [0.2, 0.25) is 0 Å². The van der Waals surface area contributed by atoms with E-state index in [2.05, 4.69) is 0 Å². The summed E-state index contributed by atoms with van der Waals surface area (Å²) >= 11 is 0. The number of ketones is 1. The van der Waals surface area contributed by atoms with Crippen LogP contribution in [0.15, 0.2) is 48.5 Å². The summed E-state index contributed by atoms with van der Waals surface area (Å²) in [4.78, 5) is 27.3. The normalized spacial score (nSPS) is 17.3. The number of Topliss-reactive ketones (excluding diaryl/α,β-unsaturated/α-hetero) is 1. The first-order chi connectivity index (χ1) is 13.2. The molecular formula is C23H26FNO3. The van der Waals surface area contributed by atoms with Gasteiger partial charge in [0.1, 0.15) is 17.2 Å². The highest BCUT2D eigenvalue weighted by atomic mass is 19.1. The molecule has 0 spiro atoms. The number of rotatable bonds is 4. The van der Waals surface area contributed by atoms with E-state index in [0.717, 1.165) is 6.42 Å². The number of halogens is 1. The van der Waals surface area contributed by atoms with Gasteiger partial charge in [-0.25, -0.2) is 4.39 Å². The number of nitrogens with zero attached hydrogens (tertiary/aromatic N) is 1. The summed E-state index contributed by atoms with van der Waals surface area (Å²) in [6, 6.07) is 12.8. The van der Waals surface area contributed by atoms with Crippen LogP contribution in [-0.2, 0) is 0 Å². The van der Waals surface area contributed by atoms with Crippen LogP contribution in [0.2, 0.25) is 0 Å². The monoisotopic (exact) mass is 383 g/mol. The van der Waals surface area contributed by atoms with E-state index in [9.17, 15) is 14.0 Å². The van der Waals surface area contributed by atoms with Gasteiger partial charge in [-0.1, -0.05) is 12.1 Å². The predicted molar refractivity (Wildman–Crippen MR) is 106 cm³/mol. The zero-order chi connectivity index (χ0) is 20.3. The second kappa shape index (κ2) is 8.13. The lowest BCUT2D eigenvalue weighted by atomic mass is 9.89. The van der Waals surface area contributed by atoms with Gasteiger partial charge in [0, 0.05) is 30.1 Å². The molecule has 0 N–H and O–H groups in total. The zero-order valence-corrected chi connectivity index (χ0v) is 16.6. The smallest absolute Gasteiger partial charge is 0.253 e. The van der Waals surface area contributed by atoms with Gasteiger partial charge in [-0.2, -0.15) is 0 Å². The lowest BCUT2D eigenvalue weighted by Crippen LogP contribution is -2.42. The van der Waals surface area contributed by atoms with Crippen LogP contribution in [0.3, 0.4) is 0 Å². The molecule has 0 saturated carbocycles. The Bertz CT molecular complexity index is 855. The Kier molecular flexibility index (Phi) is 5.82. The maximum atomic E-state index is 13.4. The summed E-state index contributed by atoms with van der Waals surface area (Å²) in [5.41, 5.74) is 0.631. The van der Waals surface area contributed by atoms with E-state index in [1.807, 2.05) is 20.8 Å². The number of carbonyl (C=O) groups excluding carboxylic acids is 2. The van der Waals surface area contributed by atoms with Gasteiger partial charge in [0.25, 0.3) is 5.91 Å². The third-order valence-electron chi connectivity index (χ3n) is 4.71. The molecule has 0 aromatic heterocycles. The Morgan fingerprint density at radius 3 is 2.43 bits per heavy atom. The lowest BCUT2D eigenvalue weighted by Gasteiger charge is -2.32. The summed E-state index contributed by atoms with van der Waals surface area (Å²) in [5.74, 6) is -0.220. The number of likely N-dealkylation sites (tertiary alicyclic amines) is 1. The van der Waals surface area contributed by atoms with Crippen LogP contribution in [0.4, 0.5) is 4.39 Å². The molecule has 2 aromatic rings. The van der Waals surface area contributed by atoms with Crippen molar-refractivity contribution in [3.05, 3.63) is 65.5 Å². The molecule has 1 amide bonds. The van der Waals surface area contributed by atoms with E-state index < -0.39 is 5.82 Å². The number of amides is 1. The topological polar surface area (TPSA) is 46.6 Å². The third-order valence-corrected chi connectivity index (χ3v) is 4.71. The number of benzene rings is 2. The van der Waals surface area contributed by atoms with E-state index in [0.29, 0.717) is 36.4 Å². The van der Waals surface area contributed by atoms with Crippen molar-refractivity contribution in [1.82, 2.24) is 4.90 Å². The summed E-state index contributed by atoms with van der Waals surface area (Å²) in [7, 11) is 0. The van der Waals surface area contributed by atoms with E-state index in [1.165, 1.54) is 18.2 Å². The Morgan fingerprint density at radius 1 is 1.07 bits per heavy atom. The largest absolute Gasteiger partial charge is 0.488 e. The molecule has 1 fully saturated rings. The van der Waals surface area contributed by atoms with E-state index >= 15 is 0 Å². The van der Waals surface area contributed by atoms with Crippen molar-refractivity contribution in [2.24, 2.45) is 5.92 Å². The molecule has 28 heavy (non-hydrogen) atoms. The molecule has 3 rings (SSSR count). The van der Waals surface area contributed by atoms with Gasteiger partial charge >= 0.3 is 0 Å². The van der Waals surface area contributed by atoms with Gasteiger partial charge in [0.15, 0.2) is 5.78 Å². The second-order valence-electron chi connectivity index (χ2n) is 8.20. The molecule has 1 atom stereocenters. The van der Waals surface area contributed by atoms with Crippen molar-refractivity contribution >= 4 is 11.7 Å². The number of carbonyl (C=O) groups is 2. The quantitative estimate of drug-likeness (QED) is 0.717. The molecule has 0 unspecified atom stereocenters. The molecule has 0 bridgehead atoms. The van der Waals surface area contributed by atoms with Crippen molar-refractivity contribution in [3.8, 4) is 5.75 Å². The van der Waals surface area contributed by atoms with Crippen LogP contribution in [-0.4, -0.2) is 35.3 Å². The summed E-state index contributed by atoms with van der Waals surface area (Å²) in [6.45, 7) is 6.88. The van der Waals surface area contributed by atoms with Crippen LogP contribution >= 0.6 is 0 Å². The fourth-order valence-corrected chi connectivity index (χ4v) is 3.45. The number of hydrogen-bond donors (Lipinski definition) is 0. The first-order valence-electron chi connectivity index (χ1n) is 9.61. The fourth-order valence-electron chi connectivity index (χ4n) is 3.45. The van der Waals surface area contributed by atoms with E-state index in [-0.39, 0.29) is 23.2 Å². The van der Waals surface area contributed by atoms with Crippen LogP contribution in [0.1, 0.15) is 54.3 Å². The summed E-state index contributed by atoms with van der Waals surface area (Å²) < 4.78 is 19.2. The SMILES string of the molecule is CC(C)(C)Oc1ccc(C(=O)N2CCC[C@H](C(=O)c3cccc(F)c3)C2)cc1. The highest BCUT2D eigenvalue weighted by Crippen LogP contribution is 2.24. The molecule has 5 heteroatoms. The van der Waals surface area contributed by atoms with Crippen molar-refractivity contribution < 1.29 is 18.7 Å². The molecule has 4 nitrogen and oxygen atoms in total. The summed E-state index contributed by atoms with van der Waals surface area (Å²) in [6.07, 6.45) is 1.46. The first kappa shape index (κ1) is 20.1. The van der Waals surface area contributed by atoms with Crippen LogP contribution in [0.25, 0.3) is 0 Å². The van der Waals surface area contributed by atoms with Gasteiger partial charge in [-0.05, 0) is 70.0 Å². The molecule has 0 aliphatic carbocycles. The Morgan fingerprint density at radius 2 is 1.79 bits per heavy atom. The maximum absolute atomic E-state index is 13.4. The summed E-state index contributed by atoms with van der Waals surface area (Å²) in [5, 5.41) is 0. The van der Waals surface area contributed by atoms with Crippen LogP contribution < -0.4 is 4.74 Å². The van der Waals surface area contributed by atoms with Gasteiger partial charge < -0.3 is 9.64 Å². The van der Waals surface area contributed by atoms with Gasteiger partial charge in [-0.3, -0.25) is 9.59 Å². The van der Waals surface area contributed by atoms with Crippen molar-refractivity contribution in [2.75, 3.05) is 13.1 Å². The minimum Gasteiger partial charge on any atom is -0.488 e. The number of piperidine rings is 1. The third kappa shape index (κ3) is 4.97. The first-order valence-corrected chi connectivity index (χ1v) is 9.61. The predicted octanol–water partition coefficient (Wildman–Crippen LogP) is 4.74. The zero-order valence-electron chi connectivity index (χ0n) is 16.6. The standard InChI is InChI=1S/C23H26FNO3/c1-23(2,3)28-20-11-9-16(10-12-20)22(27)25-13-5-7-18(15-25)21(26)17-6-4-8-19(24)14-17/h4,6,8-12,14,18H,5,7,13,15H2,1-3H3/t18-/m0/s1. The fraction of sp³-hybridized carbons (Fsp3) is 0.391. The molecule has 148 valence electrons. The average Bonchev–Trinajstić information content (AvgIpc) is 2.66. The van der Waals surface area contributed by atoms with E-state index in [1.54, 1.807) is 35.2 Å². The molecular weight excluding hydrogens is 357 g/mol. The maximum Gasteiger partial charge on any atom is 0.253 e. The number of ether oxygens (including phenoxy) is 1. The molecule has 1 aliphatic heterocycles. The van der Waals surface area contributed by atoms with E-state index in [4.69, 9.17) is 4.74 Å². The molecule has 2 aromatic carbocycles.